The second-order valence-electron chi connectivity index (χ2n) is 5.86. The van der Waals surface area contributed by atoms with E-state index >= 15 is 0 Å². The maximum atomic E-state index is 12.3. The number of carboxylic acid groups (broad SMARTS) is 1. The number of benzene rings is 1. The Balaban J connectivity index is 2.32. The highest BCUT2D eigenvalue weighted by Crippen LogP contribution is 2.21. The lowest BCUT2D eigenvalue weighted by Crippen LogP contribution is -2.49. The third kappa shape index (κ3) is 2.66. The van der Waals surface area contributed by atoms with Crippen LogP contribution in [0.5, 0.6) is 0 Å². The highest BCUT2D eigenvalue weighted by Gasteiger charge is 2.33. The maximum Gasteiger partial charge on any atom is 0.326 e. The van der Waals surface area contributed by atoms with Crippen LogP contribution in [0.3, 0.4) is 0 Å². The number of rotatable bonds is 3. The van der Waals surface area contributed by atoms with E-state index in [4.69, 9.17) is 0 Å². The molecule has 0 unspecified atom stereocenters. The van der Waals surface area contributed by atoms with Gasteiger partial charge in [-0.15, -0.1) is 0 Å². The number of fused-ring (bicyclic) bond motifs is 1. The topological polar surface area (TPSA) is 82.2 Å². The summed E-state index contributed by atoms with van der Waals surface area (Å²) in [7, 11) is 0. The zero-order valence-corrected chi connectivity index (χ0v) is 11.7. The number of para-hydroxylation sites is 1. The van der Waals surface area contributed by atoms with Gasteiger partial charge in [-0.25, -0.2) is 4.79 Å². The van der Waals surface area contributed by atoms with Crippen LogP contribution in [0.15, 0.2) is 30.5 Å². The molecule has 0 spiro atoms. The van der Waals surface area contributed by atoms with E-state index in [1.54, 1.807) is 39.1 Å². The predicted molar refractivity (Wildman–Crippen MR) is 76.6 cm³/mol. The van der Waals surface area contributed by atoms with E-state index in [-0.39, 0.29) is 5.91 Å². The van der Waals surface area contributed by atoms with E-state index in [1.165, 1.54) is 0 Å². The fourth-order valence-electron chi connectivity index (χ4n) is 2.13. The normalized spacial score (nSPS) is 13.2. The van der Waals surface area contributed by atoms with Gasteiger partial charge in [0.1, 0.15) is 6.04 Å². The number of aromatic amines is 1. The molecule has 0 radical (unpaired) electrons. The standard InChI is InChI=1S/C15H18N2O3/c1-15(2,3)12(14(19)20)17-13(18)10-6-4-5-9-7-8-16-11(9)10/h4-8,12,16H,1-3H3,(H,17,18)(H,19,20)/t12-/m0/s1. The molecule has 0 aliphatic heterocycles. The first-order chi connectivity index (χ1) is 9.30. The Morgan fingerprint density at radius 2 is 1.95 bits per heavy atom. The number of amides is 1. The van der Waals surface area contributed by atoms with Crippen molar-refractivity contribution in [3.8, 4) is 0 Å². The molecule has 0 saturated carbocycles. The van der Waals surface area contributed by atoms with Gasteiger partial charge in [0.2, 0.25) is 0 Å². The zero-order chi connectivity index (χ0) is 14.9. The fraction of sp³-hybridized carbons (Fsp3) is 0.333. The van der Waals surface area contributed by atoms with E-state index < -0.39 is 17.4 Å². The van der Waals surface area contributed by atoms with Gasteiger partial charge < -0.3 is 15.4 Å². The smallest absolute Gasteiger partial charge is 0.326 e. The minimum atomic E-state index is -1.04. The van der Waals surface area contributed by atoms with Crippen LogP contribution >= 0.6 is 0 Å². The number of hydrogen-bond acceptors (Lipinski definition) is 2. The zero-order valence-electron chi connectivity index (χ0n) is 11.7. The molecular weight excluding hydrogens is 256 g/mol. The van der Waals surface area contributed by atoms with Crippen LogP contribution in [0.4, 0.5) is 0 Å². The van der Waals surface area contributed by atoms with Gasteiger partial charge in [0, 0.05) is 11.6 Å². The van der Waals surface area contributed by atoms with Gasteiger partial charge >= 0.3 is 5.97 Å². The highest BCUT2D eigenvalue weighted by molar-refractivity contribution is 6.06. The number of carboxylic acids is 1. The van der Waals surface area contributed by atoms with Crippen LogP contribution in [0.25, 0.3) is 10.9 Å². The van der Waals surface area contributed by atoms with Gasteiger partial charge in [0.05, 0.1) is 11.1 Å². The number of aromatic nitrogens is 1. The molecule has 1 atom stereocenters. The molecule has 5 nitrogen and oxygen atoms in total. The molecule has 5 heteroatoms. The molecule has 1 aromatic heterocycles. The lowest BCUT2D eigenvalue weighted by atomic mass is 9.86. The molecule has 0 aliphatic carbocycles. The Labute approximate surface area is 117 Å². The SMILES string of the molecule is CC(C)(C)[C@@H](NC(=O)c1cccc2cc[nH]c12)C(=O)O. The van der Waals surface area contributed by atoms with Crippen molar-refractivity contribution < 1.29 is 14.7 Å². The van der Waals surface area contributed by atoms with Crippen LogP contribution in [0.1, 0.15) is 31.1 Å². The van der Waals surface area contributed by atoms with Crippen molar-refractivity contribution in [1.29, 1.82) is 0 Å². The summed E-state index contributed by atoms with van der Waals surface area (Å²) in [6, 6.07) is 6.26. The second kappa shape index (κ2) is 5.00. The van der Waals surface area contributed by atoms with Gasteiger partial charge in [-0.1, -0.05) is 32.9 Å². The number of hydrogen-bond donors (Lipinski definition) is 3. The molecule has 2 rings (SSSR count). The average molecular weight is 274 g/mol. The molecule has 0 fully saturated rings. The summed E-state index contributed by atoms with van der Waals surface area (Å²) in [5, 5.41) is 12.8. The van der Waals surface area contributed by atoms with Crippen molar-refractivity contribution >= 4 is 22.8 Å². The molecule has 20 heavy (non-hydrogen) atoms. The summed E-state index contributed by atoms with van der Waals surface area (Å²) in [4.78, 5) is 26.6. The molecule has 3 N–H and O–H groups in total. The molecule has 0 aliphatic rings. The number of carbonyl (C=O) groups is 2. The van der Waals surface area contributed by atoms with E-state index in [0.29, 0.717) is 11.1 Å². The quantitative estimate of drug-likeness (QED) is 0.803. The van der Waals surface area contributed by atoms with Crippen molar-refractivity contribution in [2.45, 2.75) is 26.8 Å². The molecule has 0 saturated heterocycles. The van der Waals surface area contributed by atoms with Crippen molar-refractivity contribution in [2.24, 2.45) is 5.41 Å². The molecule has 1 heterocycles. The molecule has 2 aromatic rings. The maximum absolute atomic E-state index is 12.3. The highest BCUT2D eigenvalue weighted by atomic mass is 16.4. The Kier molecular flexibility index (Phi) is 3.53. The van der Waals surface area contributed by atoms with Gasteiger partial charge in [0.15, 0.2) is 0 Å². The predicted octanol–water partition coefficient (Wildman–Crippen LogP) is 2.40. The summed E-state index contributed by atoms with van der Waals surface area (Å²) in [6.45, 7) is 5.34. The summed E-state index contributed by atoms with van der Waals surface area (Å²) in [5.41, 5.74) is 0.594. The van der Waals surface area contributed by atoms with Gasteiger partial charge in [-0.3, -0.25) is 4.79 Å². The number of nitrogens with one attached hydrogen (secondary N) is 2. The molecule has 106 valence electrons. The lowest BCUT2D eigenvalue weighted by molar-refractivity contribution is -0.142. The first-order valence-electron chi connectivity index (χ1n) is 6.40. The van der Waals surface area contributed by atoms with E-state index in [2.05, 4.69) is 10.3 Å². The first-order valence-corrected chi connectivity index (χ1v) is 6.40. The largest absolute Gasteiger partial charge is 0.480 e. The summed E-state index contributed by atoms with van der Waals surface area (Å²) < 4.78 is 0. The van der Waals surface area contributed by atoms with Crippen molar-refractivity contribution in [2.75, 3.05) is 0 Å². The van der Waals surface area contributed by atoms with Gasteiger partial charge in [-0.2, -0.15) is 0 Å². The number of aliphatic carboxylic acids is 1. The average Bonchev–Trinajstić information content (AvgIpc) is 2.81. The minimum absolute atomic E-state index is 0.389. The van der Waals surface area contributed by atoms with E-state index in [9.17, 15) is 14.7 Å². The molecule has 1 amide bonds. The number of carbonyl (C=O) groups excluding carboxylic acids is 1. The Morgan fingerprint density at radius 1 is 1.25 bits per heavy atom. The summed E-state index contributed by atoms with van der Waals surface area (Å²) in [5.74, 6) is -1.43. The van der Waals surface area contributed by atoms with Crippen LogP contribution in [-0.4, -0.2) is 28.0 Å². The number of H-pyrrole nitrogens is 1. The van der Waals surface area contributed by atoms with Crippen LogP contribution in [-0.2, 0) is 4.79 Å². The fourth-order valence-corrected chi connectivity index (χ4v) is 2.13. The van der Waals surface area contributed by atoms with Crippen molar-refractivity contribution in [3.05, 3.63) is 36.0 Å². The minimum Gasteiger partial charge on any atom is -0.480 e. The Bertz CT molecular complexity index is 652. The second-order valence-corrected chi connectivity index (χ2v) is 5.86. The molecular formula is C15H18N2O3. The van der Waals surface area contributed by atoms with Gasteiger partial charge in [0.25, 0.3) is 5.91 Å². The van der Waals surface area contributed by atoms with Crippen LogP contribution in [0, 0.1) is 5.41 Å². The summed E-state index contributed by atoms with van der Waals surface area (Å²) >= 11 is 0. The van der Waals surface area contributed by atoms with Crippen LogP contribution < -0.4 is 5.32 Å². The lowest BCUT2D eigenvalue weighted by Gasteiger charge is -2.27. The Hall–Kier alpha value is -2.30. The summed E-state index contributed by atoms with van der Waals surface area (Å²) in [6.07, 6.45) is 1.75. The van der Waals surface area contributed by atoms with E-state index in [0.717, 1.165) is 5.39 Å². The van der Waals surface area contributed by atoms with Crippen molar-refractivity contribution in [1.82, 2.24) is 10.3 Å². The third-order valence-electron chi connectivity index (χ3n) is 3.22. The van der Waals surface area contributed by atoms with E-state index in [1.807, 2.05) is 12.1 Å². The monoisotopic (exact) mass is 274 g/mol. The first kappa shape index (κ1) is 14.1. The molecule has 1 aromatic carbocycles. The van der Waals surface area contributed by atoms with Crippen molar-refractivity contribution in [3.63, 3.8) is 0 Å². The molecule has 0 bridgehead atoms. The van der Waals surface area contributed by atoms with Gasteiger partial charge in [-0.05, 0) is 17.5 Å². The Morgan fingerprint density at radius 3 is 2.55 bits per heavy atom. The third-order valence-corrected chi connectivity index (χ3v) is 3.22. The van der Waals surface area contributed by atoms with Crippen LogP contribution in [0.2, 0.25) is 0 Å².